The lowest BCUT2D eigenvalue weighted by atomic mass is 9.80. The van der Waals surface area contributed by atoms with Crippen LogP contribution in [0.2, 0.25) is 0 Å². The number of aliphatic imine (C=N–C) groups is 1. The SMILES string of the molecule is CC(C)(C)OC(=O)N1CCC(C2(c3cccc(Br)c3)N=C(N)C(=S)N2)CC1. The lowest BCUT2D eigenvalue weighted by Gasteiger charge is -2.41. The zero-order valence-electron chi connectivity index (χ0n) is 15.8. The molecule has 2 heterocycles. The molecule has 1 atom stereocenters. The highest BCUT2D eigenvalue weighted by Crippen LogP contribution is 2.41. The van der Waals surface area contributed by atoms with E-state index in [1.165, 1.54) is 0 Å². The maximum atomic E-state index is 12.4. The van der Waals surface area contributed by atoms with Gasteiger partial charge in [0.15, 0.2) is 11.5 Å². The first kappa shape index (κ1) is 20.1. The van der Waals surface area contributed by atoms with E-state index in [1.807, 2.05) is 45.0 Å². The van der Waals surface area contributed by atoms with Crippen LogP contribution >= 0.6 is 28.1 Å². The summed E-state index contributed by atoms with van der Waals surface area (Å²) in [6.45, 7) is 6.85. The number of thiocarbonyl (C=S) groups is 1. The number of hydrogen-bond donors (Lipinski definition) is 2. The van der Waals surface area contributed by atoms with E-state index < -0.39 is 11.3 Å². The van der Waals surface area contributed by atoms with E-state index in [0.29, 0.717) is 23.9 Å². The Hall–Kier alpha value is -1.67. The van der Waals surface area contributed by atoms with Gasteiger partial charge in [0, 0.05) is 29.0 Å². The Balaban J connectivity index is 1.81. The summed E-state index contributed by atoms with van der Waals surface area (Å²) in [6, 6.07) is 8.02. The molecular weight excluding hydrogens is 428 g/mol. The standard InChI is InChI=1S/C19H25BrN4O2S/c1-18(2,3)26-17(25)24-9-7-12(8-10-24)19(22-15(21)16(27)23-19)13-5-4-6-14(20)11-13/h4-6,11-12H,7-10H2,1-3H3,(H2,21,22)(H,23,27). The van der Waals surface area contributed by atoms with E-state index in [9.17, 15) is 4.79 Å². The lowest BCUT2D eigenvalue weighted by molar-refractivity contribution is 0.0141. The number of ether oxygens (including phenoxy) is 1. The van der Waals surface area contributed by atoms with Crippen LogP contribution in [-0.4, -0.2) is 40.5 Å². The number of amides is 1. The van der Waals surface area contributed by atoms with E-state index in [4.69, 9.17) is 27.7 Å². The molecule has 1 unspecified atom stereocenters. The first-order valence-corrected chi connectivity index (χ1v) is 10.2. The summed E-state index contributed by atoms with van der Waals surface area (Å²) in [5, 5.41) is 3.36. The van der Waals surface area contributed by atoms with Crippen LogP contribution in [0.1, 0.15) is 39.2 Å². The molecule has 2 aliphatic heterocycles. The number of benzene rings is 1. The van der Waals surface area contributed by atoms with Crippen molar-refractivity contribution < 1.29 is 9.53 Å². The number of rotatable bonds is 2. The van der Waals surface area contributed by atoms with Gasteiger partial charge in [-0.2, -0.15) is 0 Å². The third-order valence-electron chi connectivity index (χ3n) is 4.84. The van der Waals surface area contributed by atoms with Crippen LogP contribution in [-0.2, 0) is 10.4 Å². The van der Waals surface area contributed by atoms with Gasteiger partial charge in [0.2, 0.25) is 0 Å². The predicted octanol–water partition coefficient (Wildman–Crippen LogP) is 3.54. The van der Waals surface area contributed by atoms with Crippen LogP contribution in [0.4, 0.5) is 4.79 Å². The van der Waals surface area contributed by atoms with Crippen molar-refractivity contribution in [3.63, 3.8) is 0 Å². The van der Waals surface area contributed by atoms with Crippen molar-refractivity contribution >= 4 is 45.1 Å². The van der Waals surface area contributed by atoms with Gasteiger partial charge in [0.05, 0.1) is 0 Å². The fourth-order valence-electron chi connectivity index (χ4n) is 3.60. The average Bonchev–Trinajstić information content (AvgIpc) is 2.90. The summed E-state index contributed by atoms with van der Waals surface area (Å²) in [7, 11) is 0. The second kappa shape index (κ2) is 7.39. The molecule has 27 heavy (non-hydrogen) atoms. The minimum atomic E-state index is -0.690. The van der Waals surface area contributed by atoms with E-state index >= 15 is 0 Å². The van der Waals surface area contributed by atoms with Crippen molar-refractivity contribution in [1.82, 2.24) is 10.2 Å². The maximum absolute atomic E-state index is 12.4. The molecule has 146 valence electrons. The summed E-state index contributed by atoms with van der Waals surface area (Å²) in [6.07, 6.45) is 1.28. The molecule has 1 saturated heterocycles. The summed E-state index contributed by atoms with van der Waals surface area (Å²) in [5.41, 5.74) is 5.85. The predicted molar refractivity (Wildman–Crippen MR) is 114 cm³/mol. The largest absolute Gasteiger partial charge is 0.444 e. The number of carbonyl (C=O) groups is 1. The minimum Gasteiger partial charge on any atom is -0.444 e. The van der Waals surface area contributed by atoms with Gasteiger partial charge in [-0.15, -0.1) is 0 Å². The molecular formula is C19H25BrN4O2S. The molecule has 1 aromatic carbocycles. The van der Waals surface area contributed by atoms with Crippen LogP contribution < -0.4 is 11.1 Å². The average molecular weight is 453 g/mol. The molecule has 1 amide bonds. The van der Waals surface area contributed by atoms with Crippen molar-refractivity contribution in [1.29, 1.82) is 0 Å². The molecule has 1 fully saturated rings. The lowest BCUT2D eigenvalue weighted by Crippen LogP contribution is -2.51. The second-order valence-corrected chi connectivity index (χ2v) is 9.29. The number of amidine groups is 1. The van der Waals surface area contributed by atoms with Gasteiger partial charge in [-0.25, -0.2) is 9.79 Å². The highest BCUT2D eigenvalue weighted by atomic mass is 79.9. The van der Waals surface area contributed by atoms with Gasteiger partial charge < -0.3 is 20.7 Å². The number of likely N-dealkylation sites (tertiary alicyclic amines) is 1. The fraction of sp³-hybridized carbons (Fsp3) is 0.526. The summed E-state index contributed by atoms with van der Waals surface area (Å²) in [5.74, 6) is 0.518. The third-order valence-corrected chi connectivity index (χ3v) is 5.64. The van der Waals surface area contributed by atoms with Crippen molar-refractivity contribution in [2.45, 2.75) is 44.9 Å². The van der Waals surface area contributed by atoms with E-state index in [-0.39, 0.29) is 12.0 Å². The Kier molecular flexibility index (Phi) is 5.49. The van der Waals surface area contributed by atoms with Gasteiger partial charge >= 0.3 is 6.09 Å². The number of nitrogens with zero attached hydrogens (tertiary/aromatic N) is 2. The van der Waals surface area contributed by atoms with Crippen LogP contribution in [0, 0.1) is 5.92 Å². The van der Waals surface area contributed by atoms with Crippen LogP contribution in [0.3, 0.4) is 0 Å². The van der Waals surface area contributed by atoms with Gasteiger partial charge in [-0.1, -0.05) is 40.3 Å². The fourth-order valence-corrected chi connectivity index (χ4v) is 4.20. The number of hydrogen-bond acceptors (Lipinski definition) is 5. The number of piperidine rings is 1. The molecule has 0 saturated carbocycles. The number of nitrogens with one attached hydrogen (secondary N) is 1. The molecule has 0 bridgehead atoms. The van der Waals surface area contributed by atoms with Crippen LogP contribution in [0.25, 0.3) is 0 Å². The smallest absolute Gasteiger partial charge is 0.410 e. The van der Waals surface area contributed by atoms with E-state index in [1.54, 1.807) is 4.90 Å². The highest BCUT2D eigenvalue weighted by Gasteiger charge is 2.47. The van der Waals surface area contributed by atoms with Gasteiger partial charge in [0.25, 0.3) is 0 Å². The van der Waals surface area contributed by atoms with Crippen molar-refractivity contribution in [2.75, 3.05) is 13.1 Å². The van der Waals surface area contributed by atoms with Crippen LogP contribution in [0.15, 0.2) is 33.7 Å². The molecule has 3 rings (SSSR count). The second-order valence-electron chi connectivity index (χ2n) is 7.97. The molecule has 1 aromatic rings. The molecule has 6 nitrogen and oxygen atoms in total. The number of nitrogens with two attached hydrogens (primary N) is 1. The molecule has 0 aromatic heterocycles. The Labute approximate surface area is 173 Å². The van der Waals surface area contributed by atoms with Crippen molar-refractivity contribution in [2.24, 2.45) is 16.6 Å². The number of carbonyl (C=O) groups excluding carboxylic acids is 1. The topological polar surface area (TPSA) is 80.0 Å². The zero-order chi connectivity index (χ0) is 19.8. The third kappa shape index (κ3) is 4.27. The molecule has 2 aliphatic rings. The summed E-state index contributed by atoms with van der Waals surface area (Å²) < 4.78 is 6.47. The Bertz CT molecular complexity index is 784. The van der Waals surface area contributed by atoms with Crippen LogP contribution in [0.5, 0.6) is 0 Å². The van der Waals surface area contributed by atoms with Crippen molar-refractivity contribution in [3.05, 3.63) is 34.3 Å². The summed E-state index contributed by atoms with van der Waals surface area (Å²) >= 11 is 8.89. The molecule has 0 spiro atoms. The number of halogens is 1. The highest BCUT2D eigenvalue weighted by molar-refractivity contribution is 9.10. The van der Waals surface area contributed by atoms with Gasteiger partial charge in [0.1, 0.15) is 10.6 Å². The molecule has 8 heteroatoms. The van der Waals surface area contributed by atoms with Gasteiger partial charge in [-0.05, 0) is 45.7 Å². The molecule has 3 N–H and O–H groups in total. The normalized spacial score (nSPS) is 23.8. The maximum Gasteiger partial charge on any atom is 0.410 e. The monoisotopic (exact) mass is 452 g/mol. The first-order chi connectivity index (χ1) is 12.6. The summed E-state index contributed by atoms with van der Waals surface area (Å²) in [4.78, 5) is 19.3. The van der Waals surface area contributed by atoms with Gasteiger partial charge in [-0.3, -0.25) is 0 Å². The zero-order valence-corrected chi connectivity index (χ0v) is 18.2. The van der Waals surface area contributed by atoms with E-state index in [0.717, 1.165) is 22.9 Å². The Morgan fingerprint density at radius 3 is 2.59 bits per heavy atom. The van der Waals surface area contributed by atoms with Crippen molar-refractivity contribution in [3.8, 4) is 0 Å². The Morgan fingerprint density at radius 2 is 2.07 bits per heavy atom. The first-order valence-electron chi connectivity index (χ1n) is 9.02. The van der Waals surface area contributed by atoms with E-state index in [2.05, 4.69) is 21.2 Å². The molecule has 0 aliphatic carbocycles. The minimum absolute atomic E-state index is 0.157. The quantitative estimate of drug-likeness (QED) is 0.670. The Morgan fingerprint density at radius 1 is 1.41 bits per heavy atom. The molecule has 0 radical (unpaired) electrons.